The minimum absolute atomic E-state index is 0.161. The van der Waals surface area contributed by atoms with Crippen LogP contribution >= 0.6 is 0 Å². The molecule has 4 heteroatoms. The molecule has 0 radical (unpaired) electrons. The summed E-state index contributed by atoms with van der Waals surface area (Å²) < 4.78 is 0. The largest absolute Gasteiger partial charge is 0.271 e. The second kappa shape index (κ2) is 4.69. The molecule has 3 rings (SSSR count). The third-order valence-electron chi connectivity index (χ3n) is 5.21. The van der Waals surface area contributed by atoms with E-state index in [1.54, 1.807) is 24.5 Å². The molecule has 4 nitrogen and oxygen atoms in total. The van der Waals surface area contributed by atoms with Crippen molar-refractivity contribution in [1.82, 2.24) is 10.4 Å². The normalized spacial score (nSPS) is 33.3. The van der Waals surface area contributed by atoms with Gasteiger partial charge in [0.25, 0.3) is 5.91 Å². The Morgan fingerprint density at radius 3 is 2.75 bits per heavy atom. The fourth-order valence-electron chi connectivity index (χ4n) is 3.66. The summed E-state index contributed by atoms with van der Waals surface area (Å²) in [5, 5.41) is 4.39. The van der Waals surface area contributed by atoms with Gasteiger partial charge in [-0.25, -0.2) is 5.43 Å². The van der Waals surface area contributed by atoms with Crippen LogP contribution in [0.15, 0.2) is 29.6 Å². The molecule has 1 aromatic rings. The molecule has 0 bridgehead atoms. The van der Waals surface area contributed by atoms with Crippen molar-refractivity contribution >= 4 is 11.6 Å². The first-order chi connectivity index (χ1) is 9.54. The first-order valence-electron chi connectivity index (χ1n) is 7.31. The molecule has 3 unspecified atom stereocenters. The Bertz CT molecular complexity index is 552. The average Bonchev–Trinajstić information content (AvgIpc) is 3.13. The number of pyridine rings is 1. The van der Waals surface area contributed by atoms with Crippen LogP contribution in [-0.4, -0.2) is 16.6 Å². The van der Waals surface area contributed by atoms with Gasteiger partial charge in [0.05, 0.1) is 0 Å². The highest BCUT2D eigenvalue weighted by Gasteiger charge is 2.63. The Morgan fingerprint density at radius 2 is 2.15 bits per heavy atom. The van der Waals surface area contributed by atoms with Crippen LogP contribution in [0.2, 0.25) is 0 Å². The summed E-state index contributed by atoms with van der Waals surface area (Å²) in [5.74, 6) is 1.79. The molecule has 1 aromatic heterocycles. The Kier molecular flexibility index (Phi) is 3.11. The molecule has 2 aliphatic carbocycles. The molecule has 0 aromatic carbocycles. The van der Waals surface area contributed by atoms with Gasteiger partial charge in [0.15, 0.2) is 0 Å². The minimum atomic E-state index is -0.161. The first-order valence-corrected chi connectivity index (χ1v) is 7.31. The number of fused-ring (bicyclic) bond motifs is 1. The number of carbonyl (C=O) groups excluding carboxylic acids is 1. The van der Waals surface area contributed by atoms with Gasteiger partial charge >= 0.3 is 0 Å². The van der Waals surface area contributed by atoms with Crippen LogP contribution in [0.25, 0.3) is 0 Å². The summed E-state index contributed by atoms with van der Waals surface area (Å²) in [7, 11) is 0. The molecule has 0 saturated heterocycles. The number of hydrogen-bond donors (Lipinski definition) is 1. The van der Waals surface area contributed by atoms with Gasteiger partial charge in [-0.2, -0.15) is 5.10 Å². The standard InChI is InChI=1S/C16H21N3O/c1-10(2)16-8-13(16)11(3)14(9-16)18-19-15(20)12-4-6-17-7-5-12/h4-7,10-11,13H,8-9H2,1-3H3,(H,19,20). The Morgan fingerprint density at radius 1 is 1.45 bits per heavy atom. The maximum atomic E-state index is 12.0. The summed E-state index contributed by atoms with van der Waals surface area (Å²) in [6.45, 7) is 6.83. The highest BCUT2D eigenvalue weighted by molar-refractivity contribution is 5.96. The van der Waals surface area contributed by atoms with Gasteiger partial charge in [0.1, 0.15) is 0 Å². The smallest absolute Gasteiger partial charge is 0.267 e. The molecule has 20 heavy (non-hydrogen) atoms. The lowest BCUT2D eigenvalue weighted by Crippen LogP contribution is -2.22. The predicted molar refractivity (Wildman–Crippen MR) is 78.3 cm³/mol. The van der Waals surface area contributed by atoms with E-state index >= 15 is 0 Å². The third-order valence-corrected chi connectivity index (χ3v) is 5.21. The van der Waals surface area contributed by atoms with E-state index in [1.807, 2.05) is 0 Å². The molecule has 2 saturated carbocycles. The summed E-state index contributed by atoms with van der Waals surface area (Å²) in [4.78, 5) is 15.9. The lowest BCUT2D eigenvalue weighted by atomic mass is 9.90. The third kappa shape index (κ3) is 2.03. The van der Waals surface area contributed by atoms with Gasteiger partial charge in [-0.3, -0.25) is 9.78 Å². The van der Waals surface area contributed by atoms with Crippen molar-refractivity contribution in [2.24, 2.45) is 28.3 Å². The van der Waals surface area contributed by atoms with E-state index in [2.05, 4.69) is 36.3 Å². The van der Waals surface area contributed by atoms with E-state index in [9.17, 15) is 4.79 Å². The number of aromatic nitrogens is 1. The maximum Gasteiger partial charge on any atom is 0.271 e. The maximum absolute atomic E-state index is 12.0. The number of amides is 1. The molecule has 2 aliphatic rings. The highest BCUT2D eigenvalue weighted by Crippen LogP contribution is 2.68. The zero-order valence-corrected chi connectivity index (χ0v) is 12.3. The van der Waals surface area contributed by atoms with Crippen molar-refractivity contribution in [3.8, 4) is 0 Å². The van der Waals surface area contributed by atoms with Crippen LogP contribution < -0.4 is 5.43 Å². The molecule has 1 N–H and O–H groups in total. The van der Waals surface area contributed by atoms with Crippen LogP contribution in [-0.2, 0) is 0 Å². The molecule has 3 atom stereocenters. The lowest BCUT2D eigenvalue weighted by molar-refractivity contribution is 0.0954. The van der Waals surface area contributed by atoms with Gasteiger partial charge < -0.3 is 0 Å². The van der Waals surface area contributed by atoms with E-state index in [4.69, 9.17) is 0 Å². The Balaban J connectivity index is 1.68. The molecule has 1 heterocycles. The zero-order valence-electron chi connectivity index (χ0n) is 12.3. The lowest BCUT2D eigenvalue weighted by Gasteiger charge is -2.16. The van der Waals surface area contributed by atoms with Crippen LogP contribution in [0.3, 0.4) is 0 Å². The van der Waals surface area contributed by atoms with Crippen molar-refractivity contribution in [2.75, 3.05) is 0 Å². The van der Waals surface area contributed by atoms with Gasteiger partial charge in [0.2, 0.25) is 0 Å². The van der Waals surface area contributed by atoms with Crippen molar-refractivity contribution in [3.63, 3.8) is 0 Å². The monoisotopic (exact) mass is 271 g/mol. The topological polar surface area (TPSA) is 54.4 Å². The van der Waals surface area contributed by atoms with Crippen LogP contribution in [0, 0.1) is 23.2 Å². The van der Waals surface area contributed by atoms with Gasteiger partial charge in [-0.05, 0) is 48.1 Å². The fraction of sp³-hybridized carbons (Fsp3) is 0.562. The highest BCUT2D eigenvalue weighted by atomic mass is 16.2. The van der Waals surface area contributed by atoms with Gasteiger partial charge in [0, 0.05) is 23.7 Å². The number of rotatable bonds is 3. The van der Waals surface area contributed by atoms with Crippen molar-refractivity contribution in [3.05, 3.63) is 30.1 Å². The summed E-state index contributed by atoms with van der Waals surface area (Å²) in [5.41, 5.74) is 4.89. The zero-order chi connectivity index (χ0) is 14.3. The number of nitrogens with zero attached hydrogens (tertiary/aromatic N) is 2. The predicted octanol–water partition coefficient (Wildman–Crippen LogP) is 2.87. The van der Waals surface area contributed by atoms with E-state index in [0.717, 1.165) is 18.1 Å². The first kappa shape index (κ1) is 13.3. The SMILES string of the molecule is CC1C(=NNC(=O)c2ccncc2)CC2(C(C)C)CC12. The average molecular weight is 271 g/mol. The quantitative estimate of drug-likeness (QED) is 0.859. The second-order valence-electron chi connectivity index (χ2n) is 6.44. The van der Waals surface area contributed by atoms with Crippen LogP contribution in [0.4, 0.5) is 0 Å². The summed E-state index contributed by atoms with van der Waals surface area (Å²) in [6.07, 6.45) is 5.59. The summed E-state index contributed by atoms with van der Waals surface area (Å²) in [6, 6.07) is 3.39. The molecule has 1 amide bonds. The Hall–Kier alpha value is -1.71. The van der Waals surface area contributed by atoms with Crippen molar-refractivity contribution in [2.45, 2.75) is 33.6 Å². The van der Waals surface area contributed by atoms with E-state index < -0.39 is 0 Å². The van der Waals surface area contributed by atoms with Crippen molar-refractivity contribution < 1.29 is 4.79 Å². The van der Waals surface area contributed by atoms with E-state index in [0.29, 0.717) is 22.8 Å². The van der Waals surface area contributed by atoms with E-state index in [-0.39, 0.29) is 5.91 Å². The van der Waals surface area contributed by atoms with Gasteiger partial charge in [-0.1, -0.05) is 20.8 Å². The number of hydrogen-bond acceptors (Lipinski definition) is 3. The van der Waals surface area contributed by atoms with Crippen LogP contribution in [0.5, 0.6) is 0 Å². The molecule has 0 spiro atoms. The number of nitrogens with one attached hydrogen (secondary N) is 1. The fourth-order valence-corrected chi connectivity index (χ4v) is 3.66. The molecular weight excluding hydrogens is 250 g/mol. The summed E-state index contributed by atoms with van der Waals surface area (Å²) >= 11 is 0. The number of hydrazone groups is 1. The van der Waals surface area contributed by atoms with Crippen molar-refractivity contribution in [1.29, 1.82) is 0 Å². The molecular formula is C16H21N3O. The van der Waals surface area contributed by atoms with Crippen LogP contribution in [0.1, 0.15) is 44.0 Å². The van der Waals surface area contributed by atoms with E-state index in [1.165, 1.54) is 6.42 Å². The minimum Gasteiger partial charge on any atom is -0.267 e. The second-order valence-corrected chi connectivity index (χ2v) is 6.44. The number of carbonyl (C=O) groups is 1. The molecule has 0 aliphatic heterocycles. The van der Waals surface area contributed by atoms with Gasteiger partial charge in [-0.15, -0.1) is 0 Å². The Labute approximate surface area is 119 Å². The molecule has 2 fully saturated rings. The molecule has 106 valence electrons.